The van der Waals surface area contributed by atoms with Crippen molar-refractivity contribution in [2.24, 2.45) is 5.41 Å². The molecule has 2 aromatic carbocycles. The van der Waals surface area contributed by atoms with E-state index in [1.54, 1.807) is 37.8 Å². The highest BCUT2D eigenvalue weighted by Gasteiger charge is 2.31. The van der Waals surface area contributed by atoms with Gasteiger partial charge in [0.25, 0.3) is 0 Å². The van der Waals surface area contributed by atoms with Crippen molar-refractivity contribution >= 4 is 23.9 Å². The molecule has 0 amide bonds. The summed E-state index contributed by atoms with van der Waals surface area (Å²) in [5, 5.41) is 0. The van der Waals surface area contributed by atoms with Gasteiger partial charge in [0, 0.05) is 30.8 Å². The number of hydrogen-bond donors (Lipinski definition) is 0. The molecular weight excluding hydrogens is 451 g/mol. The SMILES string of the molecule is CC(C)(C)C(=O)OCOC(=O)CCCN(Cc1ccccc1)c1cc(C(F)(F)F)ccc1C=O. The van der Waals surface area contributed by atoms with E-state index in [2.05, 4.69) is 0 Å². The maximum Gasteiger partial charge on any atom is 0.416 e. The first kappa shape index (κ1) is 26.9. The van der Waals surface area contributed by atoms with Crippen molar-refractivity contribution in [2.45, 2.75) is 46.3 Å². The Kier molecular flexibility index (Phi) is 9.23. The Bertz CT molecular complexity index is 984. The molecule has 0 fully saturated rings. The standard InChI is InChI=1S/C25H28F3NO5/c1-24(2,3)23(32)34-17-33-22(31)10-7-13-29(15-18-8-5-4-6-9-18)21-14-20(25(26,27)28)12-11-19(21)16-30/h4-6,8-9,11-12,14,16H,7,10,13,15,17H2,1-3H3. The second kappa shape index (κ2) is 11.7. The molecule has 0 spiro atoms. The second-order valence-corrected chi connectivity index (χ2v) is 8.72. The highest BCUT2D eigenvalue weighted by molar-refractivity contribution is 5.85. The van der Waals surface area contributed by atoms with Crippen molar-refractivity contribution in [1.29, 1.82) is 0 Å². The largest absolute Gasteiger partial charge is 0.428 e. The Labute approximate surface area is 196 Å². The number of ether oxygens (including phenoxy) is 2. The van der Waals surface area contributed by atoms with Crippen LogP contribution in [0.4, 0.5) is 18.9 Å². The van der Waals surface area contributed by atoms with Crippen LogP contribution in [-0.4, -0.2) is 31.6 Å². The highest BCUT2D eigenvalue weighted by atomic mass is 19.4. The fourth-order valence-corrected chi connectivity index (χ4v) is 3.03. The third-order valence-corrected chi connectivity index (χ3v) is 4.87. The summed E-state index contributed by atoms with van der Waals surface area (Å²) in [6.45, 7) is 4.92. The van der Waals surface area contributed by atoms with E-state index >= 15 is 0 Å². The molecule has 0 heterocycles. The van der Waals surface area contributed by atoms with Crippen LogP contribution in [-0.2, 0) is 31.8 Å². The van der Waals surface area contributed by atoms with Crippen molar-refractivity contribution in [2.75, 3.05) is 18.2 Å². The minimum Gasteiger partial charge on any atom is -0.428 e. The number of aldehydes is 1. The van der Waals surface area contributed by atoms with Gasteiger partial charge in [-0.15, -0.1) is 0 Å². The maximum absolute atomic E-state index is 13.3. The molecule has 0 aromatic heterocycles. The number of esters is 2. The summed E-state index contributed by atoms with van der Waals surface area (Å²) in [5.74, 6) is -1.12. The number of carbonyl (C=O) groups excluding carboxylic acids is 3. The quantitative estimate of drug-likeness (QED) is 0.258. The summed E-state index contributed by atoms with van der Waals surface area (Å²) < 4.78 is 49.7. The lowest BCUT2D eigenvalue weighted by Gasteiger charge is -2.27. The molecule has 2 aromatic rings. The summed E-state index contributed by atoms with van der Waals surface area (Å²) in [5.41, 5.74) is -0.535. The van der Waals surface area contributed by atoms with Crippen molar-refractivity contribution in [3.05, 3.63) is 65.2 Å². The van der Waals surface area contributed by atoms with Crippen LogP contribution in [0, 0.1) is 5.41 Å². The van der Waals surface area contributed by atoms with Crippen molar-refractivity contribution in [3.8, 4) is 0 Å². The number of halogens is 3. The molecule has 0 saturated carbocycles. The average molecular weight is 479 g/mol. The Morgan fingerprint density at radius 2 is 1.68 bits per heavy atom. The molecule has 0 aliphatic rings. The minimum atomic E-state index is -4.57. The third kappa shape index (κ3) is 8.20. The van der Waals surface area contributed by atoms with Crippen LogP contribution < -0.4 is 4.90 Å². The van der Waals surface area contributed by atoms with Crippen LogP contribution in [0.25, 0.3) is 0 Å². The van der Waals surface area contributed by atoms with Gasteiger partial charge in [0.15, 0.2) is 6.29 Å². The van der Waals surface area contributed by atoms with Gasteiger partial charge in [-0.2, -0.15) is 13.2 Å². The fourth-order valence-electron chi connectivity index (χ4n) is 3.03. The van der Waals surface area contributed by atoms with Crippen LogP contribution in [0.15, 0.2) is 48.5 Å². The first-order valence-electron chi connectivity index (χ1n) is 10.7. The molecule has 0 saturated heterocycles. The van der Waals surface area contributed by atoms with E-state index in [1.807, 2.05) is 18.2 Å². The Morgan fingerprint density at radius 3 is 2.26 bits per heavy atom. The summed E-state index contributed by atoms with van der Waals surface area (Å²) in [7, 11) is 0. The van der Waals surface area contributed by atoms with E-state index in [-0.39, 0.29) is 37.2 Å². The molecule has 0 radical (unpaired) electrons. The molecule has 6 nitrogen and oxygen atoms in total. The zero-order valence-corrected chi connectivity index (χ0v) is 19.4. The first-order chi connectivity index (χ1) is 15.9. The number of benzene rings is 2. The molecule has 0 N–H and O–H groups in total. The number of alkyl halides is 3. The van der Waals surface area contributed by atoms with Gasteiger partial charge >= 0.3 is 18.1 Å². The Balaban J connectivity index is 2.10. The predicted molar refractivity (Wildman–Crippen MR) is 120 cm³/mol. The van der Waals surface area contributed by atoms with Crippen molar-refractivity contribution in [3.63, 3.8) is 0 Å². The zero-order valence-electron chi connectivity index (χ0n) is 19.4. The van der Waals surface area contributed by atoms with Crippen LogP contribution in [0.2, 0.25) is 0 Å². The number of anilines is 1. The van der Waals surface area contributed by atoms with E-state index < -0.39 is 35.9 Å². The summed E-state index contributed by atoms with van der Waals surface area (Å²) in [4.78, 5) is 36.9. The Morgan fingerprint density at radius 1 is 1.00 bits per heavy atom. The smallest absolute Gasteiger partial charge is 0.416 e. The maximum atomic E-state index is 13.3. The molecule has 0 atom stereocenters. The number of carbonyl (C=O) groups is 3. The van der Waals surface area contributed by atoms with Crippen LogP contribution in [0.1, 0.15) is 55.1 Å². The van der Waals surface area contributed by atoms with E-state index in [0.29, 0.717) is 6.29 Å². The van der Waals surface area contributed by atoms with Crippen molar-refractivity contribution in [1.82, 2.24) is 0 Å². The van der Waals surface area contributed by atoms with Gasteiger partial charge in [0.05, 0.1) is 11.0 Å². The summed E-state index contributed by atoms with van der Waals surface area (Å²) in [6.07, 6.45) is -3.87. The molecule has 0 aliphatic heterocycles. The van der Waals surface area contributed by atoms with Gasteiger partial charge in [-0.25, -0.2) is 0 Å². The van der Waals surface area contributed by atoms with E-state index in [4.69, 9.17) is 9.47 Å². The Hall–Kier alpha value is -3.36. The number of rotatable bonds is 10. The van der Waals surface area contributed by atoms with Gasteiger partial charge in [0.1, 0.15) is 0 Å². The van der Waals surface area contributed by atoms with Gasteiger partial charge in [0.2, 0.25) is 6.79 Å². The second-order valence-electron chi connectivity index (χ2n) is 8.72. The summed E-state index contributed by atoms with van der Waals surface area (Å²) >= 11 is 0. The molecular formula is C25H28F3NO5. The number of nitrogens with zero attached hydrogens (tertiary/aromatic N) is 1. The van der Waals surface area contributed by atoms with Crippen LogP contribution in [0.5, 0.6) is 0 Å². The molecule has 0 aliphatic carbocycles. The lowest BCUT2D eigenvalue weighted by Crippen LogP contribution is -2.27. The highest BCUT2D eigenvalue weighted by Crippen LogP contribution is 2.33. The lowest BCUT2D eigenvalue weighted by molar-refractivity contribution is -0.173. The fraction of sp³-hybridized carbons (Fsp3) is 0.400. The summed E-state index contributed by atoms with van der Waals surface area (Å²) in [6, 6.07) is 12.0. The number of hydrogen-bond acceptors (Lipinski definition) is 6. The van der Waals surface area contributed by atoms with Crippen LogP contribution in [0.3, 0.4) is 0 Å². The normalized spacial score (nSPS) is 11.6. The van der Waals surface area contributed by atoms with E-state index in [1.165, 1.54) is 0 Å². The molecule has 0 unspecified atom stereocenters. The van der Waals surface area contributed by atoms with Gasteiger partial charge in [-0.3, -0.25) is 14.4 Å². The van der Waals surface area contributed by atoms with Gasteiger partial charge < -0.3 is 14.4 Å². The topological polar surface area (TPSA) is 72.9 Å². The first-order valence-corrected chi connectivity index (χ1v) is 10.7. The average Bonchev–Trinajstić information content (AvgIpc) is 2.77. The van der Waals surface area contributed by atoms with Gasteiger partial charge in [-0.05, 0) is 51.0 Å². The predicted octanol–water partition coefficient (Wildman–Crippen LogP) is 5.39. The molecule has 34 heavy (non-hydrogen) atoms. The molecule has 9 heteroatoms. The molecule has 184 valence electrons. The van der Waals surface area contributed by atoms with E-state index in [0.717, 1.165) is 23.8 Å². The van der Waals surface area contributed by atoms with E-state index in [9.17, 15) is 27.6 Å². The molecule has 0 bridgehead atoms. The van der Waals surface area contributed by atoms with Crippen LogP contribution >= 0.6 is 0 Å². The monoisotopic (exact) mass is 479 g/mol. The lowest BCUT2D eigenvalue weighted by atomic mass is 9.98. The minimum absolute atomic E-state index is 0.0479. The van der Waals surface area contributed by atoms with Crippen molar-refractivity contribution < 1.29 is 37.0 Å². The molecule has 2 rings (SSSR count). The zero-order chi connectivity index (χ0) is 25.4. The third-order valence-electron chi connectivity index (χ3n) is 4.87. The van der Waals surface area contributed by atoms with Gasteiger partial charge in [-0.1, -0.05) is 30.3 Å².